The molecule has 0 unspecified atom stereocenters. The molecular weight excluding hydrogens is 203 g/mol. The summed E-state index contributed by atoms with van der Waals surface area (Å²) in [4.78, 5) is 3.74. The third kappa shape index (κ3) is 1.95. The third-order valence-corrected chi connectivity index (χ3v) is 2.60. The van der Waals surface area contributed by atoms with Crippen molar-refractivity contribution in [2.45, 2.75) is 13.5 Å². The number of rotatable bonds is 2. The summed E-state index contributed by atoms with van der Waals surface area (Å²) < 4.78 is 13.6. The average molecular weight is 216 g/mol. The highest BCUT2D eigenvalue weighted by Crippen LogP contribution is 2.26. The highest BCUT2D eigenvalue weighted by molar-refractivity contribution is 5.68. The molecule has 0 bridgehead atoms. The summed E-state index contributed by atoms with van der Waals surface area (Å²) in [5.74, 6) is -0.306. The topological polar surface area (TPSA) is 38.9 Å². The first-order valence-corrected chi connectivity index (χ1v) is 5.12. The molecule has 1 aromatic heterocycles. The van der Waals surface area contributed by atoms with Crippen molar-refractivity contribution in [2.75, 3.05) is 0 Å². The fourth-order valence-corrected chi connectivity index (χ4v) is 1.68. The molecule has 3 heteroatoms. The summed E-state index contributed by atoms with van der Waals surface area (Å²) in [6.45, 7) is 2.41. The summed E-state index contributed by atoms with van der Waals surface area (Å²) in [6.07, 6.45) is 2.82. The highest BCUT2D eigenvalue weighted by Gasteiger charge is 2.07. The van der Waals surface area contributed by atoms with Crippen molar-refractivity contribution in [2.24, 2.45) is 5.73 Å². The van der Waals surface area contributed by atoms with E-state index in [0.29, 0.717) is 12.1 Å². The zero-order chi connectivity index (χ0) is 11.5. The number of halogens is 1. The van der Waals surface area contributed by atoms with Crippen LogP contribution < -0.4 is 5.73 Å². The second-order valence-corrected chi connectivity index (χ2v) is 3.71. The minimum absolute atomic E-state index is 0.306. The van der Waals surface area contributed by atoms with E-state index in [1.165, 1.54) is 6.20 Å². The fraction of sp³-hybridized carbons (Fsp3) is 0.154. The maximum atomic E-state index is 13.6. The Morgan fingerprint density at radius 3 is 2.75 bits per heavy atom. The van der Waals surface area contributed by atoms with Crippen molar-refractivity contribution in [3.63, 3.8) is 0 Å². The molecule has 0 radical (unpaired) electrons. The quantitative estimate of drug-likeness (QED) is 0.838. The van der Waals surface area contributed by atoms with Gasteiger partial charge in [-0.2, -0.15) is 0 Å². The lowest BCUT2D eigenvalue weighted by Gasteiger charge is -2.08. The second-order valence-electron chi connectivity index (χ2n) is 3.71. The van der Waals surface area contributed by atoms with E-state index in [0.717, 1.165) is 16.7 Å². The van der Waals surface area contributed by atoms with Crippen LogP contribution in [0.25, 0.3) is 11.1 Å². The van der Waals surface area contributed by atoms with Crippen molar-refractivity contribution >= 4 is 0 Å². The summed E-state index contributed by atoms with van der Waals surface area (Å²) in [5.41, 5.74) is 9.06. The number of nitrogens with two attached hydrogens (primary N) is 1. The molecule has 1 heterocycles. The summed E-state index contributed by atoms with van der Waals surface area (Å²) in [7, 11) is 0. The van der Waals surface area contributed by atoms with Crippen molar-refractivity contribution in [1.29, 1.82) is 0 Å². The van der Waals surface area contributed by atoms with E-state index in [1.807, 2.05) is 25.1 Å². The summed E-state index contributed by atoms with van der Waals surface area (Å²) in [6, 6.07) is 7.51. The Bertz CT molecular complexity index is 509. The third-order valence-electron chi connectivity index (χ3n) is 2.60. The summed E-state index contributed by atoms with van der Waals surface area (Å²) in [5, 5.41) is 0. The Labute approximate surface area is 93.9 Å². The van der Waals surface area contributed by atoms with Gasteiger partial charge in [-0.1, -0.05) is 12.1 Å². The standard InChI is InChI=1S/C13H13FN2/c1-9-2-3-10(7-15)6-12(9)11-4-5-16-8-13(11)14/h2-6,8H,7,15H2,1H3. The lowest BCUT2D eigenvalue weighted by Crippen LogP contribution is -1.97. The van der Waals surface area contributed by atoms with Gasteiger partial charge in [-0.15, -0.1) is 0 Å². The van der Waals surface area contributed by atoms with Crippen molar-refractivity contribution in [1.82, 2.24) is 4.98 Å². The molecule has 0 spiro atoms. The van der Waals surface area contributed by atoms with Gasteiger partial charge in [0, 0.05) is 18.3 Å². The van der Waals surface area contributed by atoms with Crippen molar-refractivity contribution in [3.8, 4) is 11.1 Å². The molecule has 0 atom stereocenters. The highest BCUT2D eigenvalue weighted by atomic mass is 19.1. The van der Waals surface area contributed by atoms with Crippen LogP contribution in [0.1, 0.15) is 11.1 Å². The van der Waals surface area contributed by atoms with Gasteiger partial charge in [0.25, 0.3) is 0 Å². The minimum Gasteiger partial charge on any atom is -0.326 e. The molecular formula is C13H13FN2. The summed E-state index contributed by atoms with van der Waals surface area (Å²) >= 11 is 0. The zero-order valence-corrected chi connectivity index (χ0v) is 9.07. The SMILES string of the molecule is Cc1ccc(CN)cc1-c1ccncc1F. The smallest absolute Gasteiger partial charge is 0.149 e. The number of benzene rings is 1. The first-order chi connectivity index (χ1) is 7.72. The van der Waals surface area contributed by atoms with Crippen LogP contribution in [0, 0.1) is 12.7 Å². The number of aromatic nitrogens is 1. The molecule has 0 aliphatic rings. The maximum Gasteiger partial charge on any atom is 0.149 e. The first-order valence-electron chi connectivity index (χ1n) is 5.12. The van der Waals surface area contributed by atoms with Crippen LogP contribution in [0.4, 0.5) is 4.39 Å². The number of nitrogens with zero attached hydrogens (tertiary/aromatic N) is 1. The van der Waals surface area contributed by atoms with Crippen LogP contribution in [0.3, 0.4) is 0 Å². The fourth-order valence-electron chi connectivity index (χ4n) is 1.68. The molecule has 2 aromatic rings. The van der Waals surface area contributed by atoms with E-state index in [9.17, 15) is 4.39 Å². The lowest BCUT2D eigenvalue weighted by atomic mass is 9.98. The molecule has 0 saturated carbocycles. The van der Waals surface area contributed by atoms with Gasteiger partial charge >= 0.3 is 0 Å². The van der Waals surface area contributed by atoms with Gasteiger partial charge in [0.15, 0.2) is 0 Å². The van der Waals surface area contributed by atoms with E-state index < -0.39 is 0 Å². The van der Waals surface area contributed by atoms with Gasteiger partial charge in [0.1, 0.15) is 5.82 Å². The molecule has 0 aliphatic carbocycles. The molecule has 2 rings (SSSR count). The Hall–Kier alpha value is -1.74. The maximum absolute atomic E-state index is 13.6. The van der Waals surface area contributed by atoms with Gasteiger partial charge < -0.3 is 5.73 Å². The van der Waals surface area contributed by atoms with Crippen LogP contribution in [-0.2, 0) is 6.54 Å². The number of hydrogen-bond acceptors (Lipinski definition) is 2. The van der Waals surface area contributed by atoms with E-state index in [4.69, 9.17) is 5.73 Å². The average Bonchev–Trinajstić information content (AvgIpc) is 2.31. The second kappa shape index (κ2) is 4.41. The molecule has 1 aromatic carbocycles. The molecule has 2 N–H and O–H groups in total. The molecule has 82 valence electrons. The van der Waals surface area contributed by atoms with Gasteiger partial charge in [-0.3, -0.25) is 4.98 Å². The van der Waals surface area contributed by atoms with E-state index in [1.54, 1.807) is 12.3 Å². The molecule has 0 amide bonds. The van der Waals surface area contributed by atoms with E-state index in [2.05, 4.69) is 4.98 Å². The Kier molecular flexibility index (Phi) is 2.97. The van der Waals surface area contributed by atoms with Crippen LogP contribution in [0.2, 0.25) is 0 Å². The van der Waals surface area contributed by atoms with Gasteiger partial charge in [0.05, 0.1) is 6.20 Å². The van der Waals surface area contributed by atoms with Crippen molar-refractivity contribution in [3.05, 3.63) is 53.6 Å². The van der Waals surface area contributed by atoms with E-state index in [-0.39, 0.29) is 5.82 Å². The lowest BCUT2D eigenvalue weighted by molar-refractivity contribution is 0.625. The Balaban J connectivity index is 2.59. The molecule has 0 saturated heterocycles. The number of aryl methyl sites for hydroxylation is 1. The zero-order valence-electron chi connectivity index (χ0n) is 9.07. The predicted octanol–water partition coefficient (Wildman–Crippen LogP) is 2.65. The molecule has 0 fully saturated rings. The number of hydrogen-bond donors (Lipinski definition) is 1. The van der Waals surface area contributed by atoms with Gasteiger partial charge in [-0.05, 0) is 35.7 Å². The minimum atomic E-state index is -0.306. The number of pyridine rings is 1. The Morgan fingerprint density at radius 2 is 2.06 bits per heavy atom. The molecule has 0 aliphatic heterocycles. The molecule has 2 nitrogen and oxygen atoms in total. The predicted molar refractivity (Wildman–Crippen MR) is 62.3 cm³/mol. The van der Waals surface area contributed by atoms with Crippen LogP contribution in [0.5, 0.6) is 0 Å². The van der Waals surface area contributed by atoms with Crippen molar-refractivity contribution < 1.29 is 4.39 Å². The molecule has 16 heavy (non-hydrogen) atoms. The van der Waals surface area contributed by atoms with Crippen LogP contribution in [0.15, 0.2) is 36.7 Å². The van der Waals surface area contributed by atoms with Gasteiger partial charge in [0.2, 0.25) is 0 Å². The van der Waals surface area contributed by atoms with Gasteiger partial charge in [-0.25, -0.2) is 4.39 Å². The largest absolute Gasteiger partial charge is 0.326 e. The van der Waals surface area contributed by atoms with E-state index >= 15 is 0 Å². The first kappa shape index (κ1) is 10.8. The van der Waals surface area contributed by atoms with Crippen LogP contribution >= 0.6 is 0 Å². The normalized spacial score (nSPS) is 10.4. The van der Waals surface area contributed by atoms with Crippen LogP contribution in [-0.4, -0.2) is 4.98 Å². The monoisotopic (exact) mass is 216 g/mol. The Morgan fingerprint density at radius 1 is 1.25 bits per heavy atom.